The van der Waals surface area contributed by atoms with Crippen LogP contribution in [0.1, 0.15) is 55.4 Å². The molecule has 0 unspecified atom stereocenters. The minimum absolute atomic E-state index is 1.33. The third-order valence-electron chi connectivity index (χ3n) is 4.39. The minimum atomic E-state index is 1.33. The predicted molar refractivity (Wildman–Crippen MR) is 133 cm³/mol. The van der Waals surface area contributed by atoms with Crippen molar-refractivity contribution >= 4 is 43.1 Å². The minimum Gasteiger partial charge on any atom is -0.0683 e. The first-order valence-corrected chi connectivity index (χ1v) is 11.0. The Morgan fingerprint density at radius 2 is 0.536 bits per heavy atom. The van der Waals surface area contributed by atoms with E-state index >= 15 is 0 Å². The average Bonchev–Trinajstić information content (AvgIpc) is 2.82. The SMILES string of the molecule is CC.CC.CC.CC.c1cc2cccc3c4cccc5cccc(c(c1)c23)c54. The molecule has 0 aliphatic heterocycles. The van der Waals surface area contributed by atoms with Crippen LogP contribution in [0.5, 0.6) is 0 Å². The fourth-order valence-electron chi connectivity index (χ4n) is 3.58. The molecule has 0 heteroatoms. The van der Waals surface area contributed by atoms with E-state index in [-0.39, 0.29) is 0 Å². The van der Waals surface area contributed by atoms with E-state index in [2.05, 4.69) is 72.8 Å². The largest absolute Gasteiger partial charge is 0.0683 e. The lowest BCUT2D eigenvalue weighted by molar-refractivity contribution is 1.50. The Bertz CT molecular complexity index is 917. The molecule has 0 heterocycles. The maximum atomic E-state index is 2.25. The Balaban J connectivity index is 0.000000442. The van der Waals surface area contributed by atoms with Gasteiger partial charge >= 0.3 is 0 Å². The highest BCUT2D eigenvalue weighted by Crippen LogP contribution is 2.39. The molecule has 0 saturated heterocycles. The second kappa shape index (κ2) is 12.0. The number of hydrogen-bond acceptors (Lipinski definition) is 0. The van der Waals surface area contributed by atoms with Gasteiger partial charge in [-0.05, 0) is 43.1 Å². The van der Waals surface area contributed by atoms with Crippen LogP contribution in [0, 0.1) is 0 Å². The summed E-state index contributed by atoms with van der Waals surface area (Å²) in [5, 5.41) is 10.9. The zero-order chi connectivity index (χ0) is 21.1. The monoisotopic (exact) mass is 372 g/mol. The van der Waals surface area contributed by atoms with Crippen LogP contribution < -0.4 is 0 Å². The van der Waals surface area contributed by atoms with Gasteiger partial charge in [-0.1, -0.05) is 128 Å². The summed E-state index contributed by atoms with van der Waals surface area (Å²) in [5.74, 6) is 0. The van der Waals surface area contributed by atoms with Crippen molar-refractivity contribution in [3.8, 4) is 0 Å². The summed E-state index contributed by atoms with van der Waals surface area (Å²) in [6.07, 6.45) is 0. The summed E-state index contributed by atoms with van der Waals surface area (Å²) < 4.78 is 0. The Labute approximate surface area is 171 Å². The van der Waals surface area contributed by atoms with Crippen molar-refractivity contribution in [3.63, 3.8) is 0 Å². The van der Waals surface area contributed by atoms with Crippen molar-refractivity contribution in [1.82, 2.24) is 0 Å². The Morgan fingerprint density at radius 1 is 0.321 bits per heavy atom. The summed E-state index contributed by atoms with van der Waals surface area (Å²) in [4.78, 5) is 0. The summed E-state index contributed by atoms with van der Waals surface area (Å²) in [5.41, 5.74) is 0. The van der Waals surface area contributed by atoms with Gasteiger partial charge in [0, 0.05) is 0 Å². The van der Waals surface area contributed by atoms with Gasteiger partial charge in [0.25, 0.3) is 0 Å². The molecule has 0 aromatic heterocycles. The molecule has 0 radical (unpaired) electrons. The summed E-state index contributed by atoms with van der Waals surface area (Å²) in [6, 6.07) is 26.4. The molecule has 0 aliphatic rings. The highest BCUT2D eigenvalue weighted by atomic mass is 14.1. The van der Waals surface area contributed by atoms with Gasteiger partial charge in [0.05, 0.1) is 0 Å². The molecule has 0 atom stereocenters. The van der Waals surface area contributed by atoms with E-state index in [4.69, 9.17) is 0 Å². The first-order chi connectivity index (χ1) is 13.9. The van der Waals surface area contributed by atoms with Crippen molar-refractivity contribution in [1.29, 1.82) is 0 Å². The van der Waals surface area contributed by atoms with Crippen molar-refractivity contribution in [2.75, 3.05) is 0 Å². The summed E-state index contributed by atoms with van der Waals surface area (Å²) in [6.45, 7) is 16.0. The van der Waals surface area contributed by atoms with Crippen molar-refractivity contribution in [3.05, 3.63) is 72.8 Å². The topological polar surface area (TPSA) is 0 Å². The van der Waals surface area contributed by atoms with Gasteiger partial charge in [-0.15, -0.1) is 0 Å². The van der Waals surface area contributed by atoms with Gasteiger partial charge in [-0.25, -0.2) is 0 Å². The number of hydrogen-bond donors (Lipinski definition) is 0. The van der Waals surface area contributed by atoms with E-state index in [9.17, 15) is 0 Å². The summed E-state index contributed by atoms with van der Waals surface area (Å²) in [7, 11) is 0. The molecule has 5 rings (SSSR count). The van der Waals surface area contributed by atoms with Gasteiger partial charge in [0.1, 0.15) is 0 Å². The average molecular weight is 373 g/mol. The molecule has 5 aromatic carbocycles. The van der Waals surface area contributed by atoms with Gasteiger partial charge in [0.15, 0.2) is 0 Å². The molecule has 0 nitrogen and oxygen atoms in total. The molecule has 28 heavy (non-hydrogen) atoms. The van der Waals surface area contributed by atoms with Gasteiger partial charge in [-0.3, -0.25) is 0 Å². The summed E-state index contributed by atoms with van der Waals surface area (Å²) >= 11 is 0. The lowest BCUT2D eigenvalue weighted by atomic mass is 9.90. The molecule has 0 spiro atoms. The van der Waals surface area contributed by atoms with Crippen LogP contribution in [0.4, 0.5) is 0 Å². The van der Waals surface area contributed by atoms with Crippen molar-refractivity contribution < 1.29 is 0 Å². The zero-order valence-corrected chi connectivity index (χ0v) is 18.9. The molecular weight excluding hydrogens is 336 g/mol. The molecule has 5 aromatic rings. The quantitative estimate of drug-likeness (QED) is 0.187. The second-order valence-corrected chi connectivity index (χ2v) is 5.42. The standard InChI is InChI=1S/C20H12.4C2H6/c1-5-13-6-2-11-17-18-12-4-8-14-7-3-10-16(20(14)18)15(9-1)19(13)17;4*1-2/h1-12H;4*1-2H3. The van der Waals surface area contributed by atoms with E-state index in [1.165, 1.54) is 43.1 Å². The smallest absolute Gasteiger partial charge is 0.00264 e. The molecule has 0 amide bonds. The maximum Gasteiger partial charge on any atom is -0.00264 e. The van der Waals surface area contributed by atoms with Crippen LogP contribution in [-0.4, -0.2) is 0 Å². The van der Waals surface area contributed by atoms with Crippen molar-refractivity contribution in [2.24, 2.45) is 0 Å². The van der Waals surface area contributed by atoms with Gasteiger partial charge in [-0.2, -0.15) is 0 Å². The lowest BCUT2D eigenvalue weighted by Gasteiger charge is -2.13. The van der Waals surface area contributed by atoms with Gasteiger partial charge < -0.3 is 0 Å². The van der Waals surface area contributed by atoms with Crippen molar-refractivity contribution in [2.45, 2.75) is 55.4 Å². The Morgan fingerprint density at radius 3 is 0.750 bits per heavy atom. The second-order valence-electron chi connectivity index (χ2n) is 5.42. The highest BCUT2D eigenvalue weighted by Gasteiger charge is 2.11. The fraction of sp³-hybridized carbons (Fsp3) is 0.286. The molecular formula is C28H36. The van der Waals surface area contributed by atoms with E-state index in [1.807, 2.05) is 55.4 Å². The molecule has 0 bridgehead atoms. The van der Waals surface area contributed by atoms with Crippen LogP contribution in [-0.2, 0) is 0 Å². The molecule has 0 fully saturated rings. The van der Waals surface area contributed by atoms with Crippen LogP contribution in [0.3, 0.4) is 0 Å². The Kier molecular flexibility index (Phi) is 10.0. The van der Waals surface area contributed by atoms with Gasteiger partial charge in [0.2, 0.25) is 0 Å². The normalized spacial score (nSPS) is 9.43. The van der Waals surface area contributed by atoms with Crippen LogP contribution in [0.2, 0.25) is 0 Å². The zero-order valence-electron chi connectivity index (χ0n) is 18.9. The Hall–Kier alpha value is -2.60. The fourth-order valence-corrected chi connectivity index (χ4v) is 3.58. The lowest BCUT2D eigenvalue weighted by Crippen LogP contribution is -1.85. The van der Waals surface area contributed by atoms with E-state index in [0.717, 1.165) is 0 Å². The molecule has 0 aliphatic carbocycles. The number of benzene rings is 5. The molecule has 0 N–H and O–H groups in total. The first kappa shape index (κ1) is 23.4. The highest BCUT2D eigenvalue weighted by molar-refractivity contribution is 6.32. The van der Waals surface area contributed by atoms with Crippen LogP contribution in [0.25, 0.3) is 43.1 Å². The van der Waals surface area contributed by atoms with Crippen LogP contribution in [0.15, 0.2) is 72.8 Å². The van der Waals surface area contributed by atoms with E-state index < -0.39 is 0 Å². The maximum absolute atomic E-state index is 2.25. The first-order valence-electron chi connectivity index (χ1n) is 11.0. The number of fused-ring (bicyclic) bond motifs is 2. The van der Waals surface area contributed by atoms with E-state index in [1.54, 1.807) is 0 Å². The molecule has 148 valence electrons. The number of rotatable bonds is 0. The third kappa shape index (κ3) is 4.12. The third-order valence-corrected chi connectivity index (χ3v) is 4.39. The van der Waals surface area contributed by atoms with Crippen LogP contribution >= 0.6 is 0 Å². The predicted octanol–water partition coefficient (Wildman–Crippen LogP) is 9.84. The van der Waals surface area contributed by atoms with E-state index in [0.29, 0.717) is 0 Å². The molecule has 0 saturated carbocycles.